The largest absolute Gasteiger partial charge is 0.497 e. The van der Waals surface area contributed by atoms with Crippen molar-refractivity contribution in [3.8, 4) is 5.75 Å². The third-order valence-corrected chi connectivity index (χ3v) is 3.46. The second-order valence-corrected chi connectivity index (χ2v) is 5.34. The van der Waals surface area contributed by atoms with Gasteiger partial charge in [-0.1, -0.05) is 12.1 Å². The highest BCUT2D eigenvalue weighted by atomic mass is 16.5. The molecule has 0 radical (unpaired) electrons. The molecule has 0 saturated carbocycles. The summed E-state index contributed by atoms with van der Waals surface area (Å²) in [5, 5.41) is 16.8. The topological polar surface area (TPSA) is 75.1 Å². The Morgan fingerprint density at radius 3 is 2.79 bits per heavy atom. The van der Waals surface area contributed by atoms with Crippen LogP contribution in [-0.2, 0) is 4.74 Å². The van der Waals surface area contributed by atoms with Crippen molar-refractivity contribution in [2.24, 2.45) is 4.99 Å². The van der Waals surface area contributed by atoms with Gasteiger partial charge >= 0.3 is 0 Å². The zero-order valence-corrected chi connectivity index (χ0v) is 15.0. The van der Waals surface area contributed by atoms with Crippen LogP contribution in [-0.4, -0.2) is 51.0 Å². The lowest BCUT2D eigenvalue weighted by Gasteiger charge is -2.14. The van der Waals surface area contributed by atoms with Crippen molar-refractivity contribution in [2.45, 2.75) is 32.8 Å². The Balaban J connectivity index is 2.45. The van der Waals surface area contributed by atoms with Crippen LogP contribution >= 0.6 is 0 Å². The van der Waals surface area contributed by atoms with E-state index in [1.165, 1.54) is 0 Å². The predicted octanol–water partition coefficient (Wildman–Crippen LogP) is 2.10. The van der Waals surface area contributed by atoms with E-state index in [1.807, 2.05) is 38.1 Å². The fraction of sp³-hybridized carbons (Fsp3) is 0.611. The lowest BCUT2D eigenvalue weighted by atomic mass is 10.1. The molecule has 1 unspecified atom stereocenters. The van der Waals surface area contributed by atoms with Gasteiger partial charge < -0.3 is 25.2 Å². The number of aliphatic hydroxyl groups excluding tert-OH is 1. The number of ether oxygens (including phenoxy) is 2. The van der Waals surface area contributed by atoms with E-state index in [-0.39, 0.29) is 0 Å². The van der Waals surface area contributed by atoms with Crippen LogP contribution < -0.4 is 15.4 Å². The van der Waals surface area contributed by atoms with E-state index >= 15 is 0 Å². The molecule has 0 aliphatic rings. The smallest absolute Gasteiger partial charge is 0.191 e. The van der Waals surface area contributed by atoms with Gasteiger partial charge in [0.2, 0.25) is 0 Å². The molecule has 24 heavy (non-hydrogen) atoms. The minimum absolute atomic E-state index is 0.293. The van der Waals surface area contributed by atoms with E-state index in [0.29, 0.717) is 6.54 Å². The summed E-state index contributed by atoms with van der Waals surface area (Å²) >= 11 is 0. The first-order chi connectivity index (χ1) is 11.7. The van der Waals surface area contributed by atoms with Crippen LogP contribution in [0.25, 0.3) is 0 Å². The number of benzene rings is 1. The summed E-state index contributed by atoms with van der Waals surface area (Å²) in [6.07, 6.45) is 1.38. The maximum atomic E-state index is 10.3. The quantitative estimate of drug-likeness (QED) is 0.328. The summed E-state index contributed by atoms with van der Waals surface area (Å²) in [7, 11) is 1.61. The van der Waals surface area contributed by atoms with Crippen molar-refractivity contribution < 1.29 is 14.6 Å². The van der Waals surface area contributed by atoms with Gasteiger partial charge in [-0.2, -0.15) is 0 Å². The monoisotopic (exact) mass is 337 g/mol. The molecule has 0 aromatic heterocycles. The third kappa shape index (κ3) is 8.17. The predicted molar refractivity (Wildman–Crippen MR) is 97.7 cm³/mol. The second-order valence-electron chi connectivity index (χ2n) is 5.34. The summed E-state index contributed by atoms with van der Waals surface area (Å²) in [6.45, 7) is 7.47. The Hall–Kier alpha value is -1.79. The molecule has 1 atom stereocenters. The van der Waals surface area contributed by atoms with Crippen molar-refractivity contribution in [2.75, 3.05) is 40.0 Å². The zero-order valence-electron chi connectivity index (χ0n) is 15.0. The molecule has 6 heteroatoms. The minimum atomic E-state index is -0.659. The molecule has 0 heterocycles. The first-order valence-electron chi connectivity index (χ1n) is 8.63. The molecule has 0 bridgehead atoms. The molecule has 1 aromatic carbocycles. The van der Waals surface area contributed by atoms with Crippen molar-refractivity contribution >= 4 is 5.96 Å². The molecule has 0 aliphatic carbocycles. The van der Waals surface area contributed by atoms with Crippen LogP contribution in [0.3, 0.4) is 0 Å². The number of aliphatic imine (C=N–C) groups is 1. The van der Waals surface area contributed by atoms with Crippen LogP contribution in [0.1, 0.15) is 38.4 Å². The molecular weight excluding hydrogens is 306 g/mol. The minimum Gasteiger partial charge on any atom is -0.497 e. The van der Waals surface area contributed by atoms with Crippen LogP contribution in [0, 0.1) is 0 Å². The van der Waals surface area contributed by atoms with Gasteiger partial charge in [-0.3, -0.25) is 4.99 Å². The van der Waals surface area contributed by atoms with E-state index in [9.17, 15) is 5.11 Å². The van der Waals surface area contributed by atoms with Crippen molar-refractivity contribution in [1.29, 1.82) is 0 Å². The molecule has 0 aliphatic heterocycles. The van der Waals surface area contributed by atoms with Crippen LogP contribution in [0.15, 0.2) is 29.3 Å². The number of hydrogen-bond donors (Lipinski definition) is 3. The molecule has 1 aromatic rings. The van der Waals surface area contributed by atoms with Gasteiger partial charge in [0.15, 0.2) is 5.96 Å². The average molecular weight is 337 g/mol. The first kappa shape index (κ1) is 20.3. The molecule has 0 amide bonds. The molecule has 0 spiro atoms. The lowest BCUT2D eigenvalue weighted by Crippen LogP contribution is -2.38. The van der Waals surface area contributed by atoms with Gasteiger partial charge in [-0.05, 0) is 44.4 Å². The molecule has 1 rings (SSSR count). The third-order valence-electron chi connectivity index (χ3n) is 3.46. The Kier molecular flexibility index (Phi) is 10.6. The number of nitrogens with one attached hydrogen (secondary N) is 2. The fourth-order valence-electron chi connectivity index (χ4n) is 2.15. The standard InChI is InChI=1S/C18H31N3O3/c1-4-19-18(20-11-6-7-12-24-5-2)21-14-17(22)15-9-8-10-16(13-15)23-3/h8-10,13,17,22H,4-7,11-12,14H2,1-3H3,(H2,19,20,21). The highest BCUT2D eigenvalue weighted by molar-refractivity contribution is 5.79. The Bertz CT molecular complexity index is 480. The summed E-state index contributed by atoms with van der Waals surface area (Å²) in [5.74, 6) is 1.45. The summed E-state index contributed by atoms with van der Waals surface area (Å²) in [5.41, 5.74) is 0.797. The van der Waals surface area contributed by atoms with Crippen LogP contribution in [0.4, 0.5) is 0 Å². The van der Waals surface area contributed by atoms with E-state index in [0.717, 1.165) is 56.4 Å². The number of nitrogens with zero attached hydrogens (tertiary/aromatic N) is 1. The molecular formula is C18H31N3O3. The van der Waals surface area contributed by atoms with E-state index < -0.39 is 6.10 Å². The maximum absolute atomic E-state index is 10.3. The van der Waals surface area contributed by atoms with Crippen LogP contribution in [0.5, 0.6) is 5.75 Å². The first-order valence-corrected chi connectivity index (χ1v) is 8.63. The van der Waals surface area contributed by atoms with Gasteiger partial charge in [-0.15, -0.1) is 0 Å². The van der Waals surface area contributed by atoms with E-state index in [2.05, 4.69) is 15.6 Å². The number of rotatable bonds is 11. The normalized spacial score (nSPS) is 12.8. The lowest BCUT2D eigenvalue weighted by molar-refractivity contribution is 0.143. The molecule has 3 N–H and O–H groups in total. The molecule has 6 nitrogen and oxygen atoms in total. The zero-order chi connectivity index (χ0) is 17.6. The number of guanidine groups is 1. The number of unbranched alkanes of at least 4 members (excludes halogenated alkanes) is 1. The summed E-state index contributed by atoms with van der Waals surface area (Å²) < 4.78 is 10.5. The summed E-state index contributed by atoms with van der Waals surface area (Å²) in [6, 6.07) is 7.42. The van der Waals surface area contributed by atoms with Gasteiger partial charge in [0.25, 0.3) is 0 Å². The highest BCUT2D eigenvalue weighted by Crippen LogP contribution is 2.19. The molecule has 0 fully saturated rings. The second kappa shape index (κ2) is 12.6. The van der Waals surface area contributed by atoms with Crippen molar-refractivity contribution in [3.63, 3.8) is 0 Å². The van der Waals surface area contributed by atoms with Crippen molar-refractivity contribution in [3.05, 3.63) is 29.8 Å². The number of methoxy groups -OCH3 is 1. The Morgan fingerprint density at radius 1 is 1.25 bits per heavy atom. The van der Waals surface area contributed by atoms with Gasteiger partial charge in [-0.25, -0.2) is 0 Å². The van der Waals surface area contributed by atoms with Crippen molar-refractivity contribution in [1.82, 2.24) is 10.6 Å². The van der Waals surface area contributed by atoms with E-state index in [1.54, 1.807) is 7.11 Å². The average Bonchev–Trinajstić information content (AvgIpc) is 2.62. The maximum Gasteiger partial charge on any atom is 0.191 e. The number of aliphatic hydroxyl groups is 1. The fourth-order valence-corrected chi connectivity index (χ4v) is 2.15. The van der Waals surface area contributed by atoms with Crippen LogP contribution in [0.2, 0.25) is 0 Å². The number of hydrogen-bond acceptors (Lipinski definition) is 4. The SMILES string of the molecule is CCNC(=NCC(O)c1cccc(OC)c1)NCCCCOCC. The highest BCUT2D eigenvalue weighted by Gasteiger charge is 2.08. The summed E-state index contributed by atoms with van der Waals surface area (Å²) in [4.78, 5) is 4.45. The Morgan fingerprint density at radius 2 is 2.08 bits per heavy atom. The Labute approximate surface area is 145 Å². The van der Waals surface area contributed by atoms with Gasteiger partial charge in [0.05, 0.1) is 19.8 Å². The molecule has 136 valence electrons. The van der Waals surface area contributed by atoms with Gasteiger partial charge in [0.1, 0.15) is 5.75 Å². The molecule has 0 saturated heterocycles. The van der Waals surface area contributed by atoms with Gasteiger partial charge in [0, 0.05) is 26.3 Å². The van der Waals surface area contributed by atoms with E-state index in [4.69, 9.17) is 9.47 Å².